The van der Waals surface area contributed by atoms with Crippen molar-refractivity contribution in [2.45, 2.75) is 26.0 Å². The maximum Gasteiger partial charge on any atom is 0.320 e. The Hall–Kier alpha value is -1.53. The van der Waals surface area contributed by atoms with E-state index in [-0.39, 0.29) is 11.9 Å². The summed E-state index contributed by atoms with van der Waals surface area (Å²) < 4.78 is 5.00. The van der Waals surface area contributed by atoms with Gasteiger partial charge in [0.25, 0.3) is 0 Å². The van der Waals surface area contributed by atoms with Gasteiger partial charge in [-0.05, 0) is 25.8 Å². The second-order valence-corrected chi connectivity index (χ2v) is 7.28. The van der Waals surface area contributed by atoms with Crippen LogP contribution in [0.4, 0.5) is 0 Å². The molecule has 25 heavy (non-hydrogen) atoms. The van der Waals surface area contributed by atoms with E-state index >= 15 is 0 Å². The molecule has 2 rings (SSSR count). The molecule has 1 amide bonds. The summed E-state index contributed by atoms with van der Waals surface area (Å²) in [6, 6.07) is 8.40. The number of carbonyl (C=O) groups is 2. The molecule has 1 aliphatic heterocycles. The number of aryl methyl sites for hydroxylation is 1. The Morgan fingerprint density at radius 2 is 2.04 bits per heavy atom. The second-order valence-electron chi connectivity index (χ2n) is 6.30. The molecule has 0 unspecified atom stereocenters. The highest BCUT2D eigenvalue weighted by Crippen LogP contribution is 2.15. The van der Waals surface area contributed by atoms with E-state index in [2.05, 4.69) is 36.1 Å². The van der Waals surface area contributed by atoms with E-state index in [0.717, 1.165) is 31.8 Å². The zero-order valence-corrected chi connectivity index (χ0v) is 16.0. The van der Waals surface area contributed by atoms with E-state index in [1.54, 1.807) is 11.8 Å². The standard InChI is InChI=1S/C19H28N2O3S/c1-3-24-19(23)13-20-8-5-9-21(11-10-20)18(22)15-25-14-17-7-4-6-16(2)12-17/h4,6-7,12H,3,5,8-11,13-15H2,1-2H3. The van der Waals surface area contributed by atoms with Gasteiger partial charge in [-0.3, -0.25) is 14.5 Å². The molecule has 1 aliphatic rings. The Morgan fingerprint density at radius 3 is 2.80 bits per heavy atom. The van der Waals surface area contributed by atoms with Crippen LogP contribution in [0.25, 0.3) is 0 Å². The zero-order valence-electron chi connectivity index (χ0n) is 15.2. The molecule has 138 valence electrons. The van der Waals surface area contributed by atoms with Crippen LogP contribution in [-0.2, 0) is 20.1 Å². The number of nitrogens with zero attached hydrogens (tertiary/aromatic N) is 2. The zero-order chi connectivity index (χ0) is 18.1. The highest BCUT2D eigenvalue weighted by atomic mass is 32.2. The van der Waals surface area contributed by atoms with Crippen LogP contribution in [-0.4, -0.2) is 66.8 Å². The fourth-order valence-corrected chi connectivity index (χ4v) is 3.79. The topological polar surface area (TPSA) is 49.9 Å². The van der Waals surface area contributed by atoms with Gasteiger partial charge in [0.05, 0.1) is 18.9 Å². The van der Waals surface area contributed by atoms with Crippen molar-refractivity contribution in [3.05, 3.63) is 35.4 Å². The van der Waals surface area contributed by atoms with Crippen molar-refractivity contribution in [3.63, 3.8) is 0 Å². The lowest BCUT2D eigenvalue weighted by atomic mass is 10.2. The van der Waals surface area contributed by atoms with Crippen LogP contribution in [0.2, 0.25) is 0 Å². The van der Waals surface area contributed by atoms with Gasteiger partial charge in [-0.15, -0.1) is 11.8 Å². The number of rotatable bonds is 7. The molecule has 0 bridgehead atoms. The third kappa shape index (κ3) is 7.08. The maximum atomic E-state index is 12.4. The Morgan fingerprint density at radius 1 is 1.20 bits per heavy atom. The van der Waals surface area contributed by atoms with Gasteiger partial charge >= 0.3 is 5.97 Å². The summed E-state index contributed by atoms with van der Waals surface area (Å²) in [5.41, 5.74) is 2.51. The van der Waals surface area contributed by atoms with E-state index in [1.807, 2.05) is 11.8 Å². The van der Waals surface area contributed by atoms with Crippen molar-refractivity contribution >= 4 is 23.6 Å². The second kappa shape index (κ2) is 10.5. The fraction of sp³-hybridized carbons (Fsp3) is 0.579. The van der Waals surface area contributed by atoms with Crippen molar-refractivity contribution in [2.75, 3.05) is 45.1 Å². The van der Waals surface area contributed by atoms with Crippen LogP contribution >= 0.6 is 11.8 Å². The SMILES string of the molecule is CCOC(=O)CN1CCCN(C(=O)CSCc2cccc(C)c2)CC1. The Bertz CT molecular complexity index is 580. The molecule has 1 aromatic rings. The number of ether oxygens (including phenoxy) is 1. The van der Waals surface area contributed by atoms with Gasteiger partial charge in [0.2, 0.25) is 5.91 Å². The molecule has 1 fully saturated rings. The molecule has 0 N–H and O–H groups in total. The Labute approximate surface area is 154 Å². The number of benzene rings is 1. The number of hydrogen-bond donors (Lipinski definition) is 0. The van der Waals surface area contributed by atoms with Gasteiger partial charge in [0.1, 0.15) is 0 Å². The van der Waals surface area contributed by atoms with Crippen LogP contribution < -0.4 is 0 Å². The van der Waals surface area contributed by atoms with E-state index in [0.29, 0.717) is 25.4 Å². The van der Waals surface area contributed by atoms with Crippen LogP contribution in [0, 0.1) is 6.92 Å². The number of carbonyl (C=O) groups excluding carboxylic acids is 2. The molecule has 0 radical (unpaired) electrons. The first-order chi connectivity index (χ1) is 12.1. The molecule has 5 nitrogen and oxygen atoms in total. The van der Waals surface area contributed by atoms with Gasteiger partial charge in [-0.1, -0.05) is 29.8 Å². The third-order valence-corrected chi connectivity index (χ3v) is 5.16. The summed E-state index contributed by atoms with van der Waals surface area (Å²) in [4.78, 5) is 28.0. The Kier molecular flexibility index (Phi) is 8.28. The number of esters is 1. The summed E-state index contributed by atoms with van der Waals surface area (Å²) in [5.74, 6) is 1.37. The smallest absolute Gasteiger partial charge is 0.320 e. The average molecular weight is 365 g/mol. The predicted molar refractivity (Wildman–Crippen MR) is 102 cm³/mol. The average Bonchev–Trinajstić information content (AvgIpc) is 2.81. The van der Waals surface area contributed by atoms with Crippen LogP contribution in [0.15, 0.2) is 24.3 Å². The molecule has 1 saturated heterocycles. The fourth-order valence-electron chi connectivity index (χ4n) is 2.92. The summed E-state index contributed by atoms with van der Waals surface area (Å²) in [5, 5.41) is 0. The van der Waals surface area contributed by atoms with Gasteiger partial charge < -0.3 is 9.64 Å². The first-order valence-electron chi connectivity index (χ1n) is 8.87. The van der Waals surface area contributed by atoms with Crippen molar-refractivity contribution in [2.24, 2.45) is 0 Å². The van der Waals surface area contributed by atoms with Crippen LogP contribution in [0.5, 0.6) is 0 Å². The van der Waals surface area contributed by atoms with E-state index < -0.39 is 0 Å². The summed E-state index contributed by atoms with van der Waals surface area (Å²) in [6.45, 7) is 7.64. The normalized spacial score (nSPS) is 15.7. The number of thioether (sulfide) groups is 1. The van der Waals surface area contributed by atoms with Crippen molar-refractivity contribution in [1.82, 2.24) is 9.80 Å². The molecule has 6 heteroatoms. The highest BCUT2D eigenvalue weighted by Gasteiger charge is 2.20. The molecule has 0 saturated carbocycles. The Balaban J connectivity index is 1.72. The molecular weight excluding hydrogens is 336 g/mol. The first-order valence-corrected chi connectivity index (χ1v) is 10.0. The quantitative estimate of drug-likeness (QED) is 0.695. The van der Waals surface area contributed by atoms with Crippen molar-refractivity contribution in [3.8, 4) is 0 Å². The van der Waals surface area contributed by atoms with Gasteiger partial charge in [0, 0.05) is 31.9 Å². The largest absolute Gasteiger partial charge is 0.465 e. The molecule has 0 atom stereocenters. The predicted octanol–water partition coefficient (Wildman–Crippen LogP) is 2.33. The summed E-state index contributed by atoms with van der Waals surface area (Å²) in [7, 11) is 0. The lowest BCUT2D eigenvalue weighted by Gasteiger charge is -2.21. The van der Waals surface area contributed by atoms with Crippen LogP contribution in [0.3, 0.4) is 0 Å². The molecule has 1 heterocycles. The first kappa shape index (κ1) is 19.8. The van der Waals surface area contributed by atoms with Gasteiger partial charge in [0.15, 0.2) is 0 Å². The van der Waals surface area contributed by atoms with Crippen LogP contribution in [0.1, 0.15) is 24.5 Å². The number of amides is 1. The van der Waals surface area contributed by atoms with Gasteiger partial charge in [-0.25, -0.2) is 0 Å². The minimum absolute atomic E-state index is 0.184. The van der Waals surface area contributed by atoms with E-state index in [1.165, 1.54) is 11.1 Å². The lowest BCUT2D eigenvalue weighted by Crippen LogP contribution is -2.37. The van der Waals surface area contributed by atoms with Crippen molar-refractivity contribution in [1.29, 1.82) is 0 Å². The summed E-state index contributed by atoms with van der Waals surface area (Å²) >= 11 is 1.66. The lowest BCUT2D eigenvalue weighted by molar-refractivity contribution is -0.144. The van der Waals surface area contributed by atoms with E-state index in [9.17, 15) is 9.59 Å². The van der Waals surface area contributed by atoms with Gasteiger partial charge in [-0.2, -0.15) is 0 Å². The molecule has 0 spiro atoms. The third-order valence-electron chi connectivity index (χ3n) is 4.18. The highest BCUT2D eigenvalue weighted by molar-refractivity contribution is 7.99. The molecular formula is C19H28N2O3S. The van der Waals surface area contributed by atoms with Crippen molar-refractivity contribution < 1.29 is 14.3 Å². The molecule has 1 aromatic carbocycles. The molecule has 0 aliphatic carbocycles. The minimum Gasteiger partial charge on any atom is -0.465 e. The van der Waals surface area contributed by atoms with E-state index in [4.69, 9.17) is 4.74 Å². The monoisotopic (exact) mass is 364 g/mol. The molecule has 0 aromatic heterocycles. The number of hydrogen-bond acceptors (Lipinski definition) is 5. The summed E-state index contributed by atoms with van der Waals surface area (Å²) in [6.07, 6.45) is 0.897. The maximum absolute atomic E-state index is 12.4. The minimum atomic E-state index is -0.184.